The Morgan fingerprint density at radius 1 is 1.13 bits per heavy atom. The third-order valence-corrected chi connectivity index (χ3v) is 4.59. The van der Waals surface area contributed by atoms with Gasteiger partial charge in [-0.2, -0.15) is 8.42 Å². The minimum atomic E-state index is -4.28. The molecule has 0 atom stereocenters. The molecule has 6 nitrogen and oxygen atoms in total. The van der Waals surface area contributed by atoms with Crippen LogP contribution in [0.25, 0.3) is 22.6 Å². The molecule has 23 heavy (non-hydrogen) atoms. The van der Waals surface area contributed by atoms with E-state index in [4.69, 9.17) is 4.42 Å². The molecule has 120 valence electrons. The monoisotopic (exact) mass is 332 g/mol. The fraction of sp³-hybridized carbons (Fsp3) is 0.188. The number of hydrogen-bond donors (Lipinski definition) is 1. The molecular formula is C16H16N2O4S. The van der Waals surface area contributed by atoms with Gasteiger partial charge in [-0.15, -0.1) is 0 Å². The van der Waals surface area contributed by atoms with Gasteiger partial charge in [0.15, 0.2) is 5.58 Å². The SMILES string of the molecule is Cc1cc2oc(-c3ccc(N(C)C)cc3)nc2cc1S(=O)(=O)O. The van der Waals surface area contributed by atoms with E-state index in [9.17, 15) is 13.0 Å². The van der Waals surface area contributed by atoms with E-state index in [1.807, 2.05) is 43.3 Å². The van der Waals surface area contributed by atoms with Crippen molar-refractivity contribution in [3.05, 3.63) is 42.0 Å². The highest BCUT2D eigenvalue weighted by Gasteiger charge is 2.17. The molecule has 0 fully saturated rings. The molecule has 0 aliphatic carbocycles. The average Bonchev–Trinajstić information content (AvgIpc) is 2.88. The molecule has 0 aliphatic heterocycles. The van der Waals surface area contributed by atoms with Crippen molar-refractivity contribution in [1.82, 2.24) is 4.98 Å². The Morgan fingerprint density at radius 2 is 1.78 bits per heavy atom. The van der Waals surface area contributed by atoms with Gasteiger partial charge in [-0.25, -0.2) is 4.98 Å². The smallest absolute Gasteiger partial charge is 0.294 e. The zero-order chi connectivity index (χ0) is 16.8. The molecule has 0 spiro atoms. The maximum absolute atomic E-state index is 11.4. The summed E-state index contributed by atoms with van der Waals surface area (Å²) in [6.45, 7) is 1.59. The lowest BCUT2D eigenvalue weighted by Crippen LogP contribution is -2.07. The quantitative estimate of drug-likeness (QED) is 0.742. The standard InChI is InChI=1S/C16H16N2O4S/c1-10-8-14-13(9-15(10)23(19,20)21)17-16(22-14)11-4-6-12(7-5-11)18(2)3/h4-9H,1-3H3,(H,19,20,21). The third-order valence-electron chi connectivity index (χ3n) is 3.59. The lowest BCUT2D eigenvalue weighted by molar-refractivity contribution is 0.482. The van der Waals surface area contributed by atoms with Crippen molar-refractivity contribution in [2.45, 2.75) is 11.8 Å². The van der Waals surface area contributed by atoms with Gasteiger partial charge >= 0.3 is 0 Å². The Hall–Kier alpha value is -2.38. The van der Waals surface area contributed by atoms with Gasteiger partial charge in [0, 0.05) is 25.3 Å². The molecule has 7 heteroatoms. The largest absolute Gasteiger partial charge is 0.436 e. The summed E-state index contributed by atoms with van der Waals surface area (Å²) in [5.74, 6) is 0.400. The first-order valence-electron chi connectivity index (χ1n) is 6.92. The predicted molar refractivity (Wildman–Crippen MR) is 88.3 cm³/mol. The van der Waals surface area contributed by atoms with E-state index in [0.29, 0.717) is 22.6 Å². The van der Waals surface area contributed by atoms with Crippen LogP contribution in [-0.4, -0.2) is 32.0 Å². The summed E-state index contributed by atoms with van der Waals surface area (Å²) in [6, 6.07) is 10.5. The van der Waals surface area contributed by atoms with Crippen LogP contribution in [0.2, 0.25) is 0 Å². The first-order valence-corrected chi connectivity index (χ1v) is 8.36. The Balaban J connectivity index is 2.10. The molecule has 0 radical (unpaired) electrons. The fourth-order valence-electron chi connectivity index (χ4n) is 2.36. The molecule has 0 amide bonds. The van der Waals surface area contributed by atoms with E-state index in [2.05, 4.69) is 4.98 Å². The molecule has 0 bridgehead atoms. The number of aryl methyl sites for hydroxylation is 1. The van der Waals surface area contributed by atoms with Crippen molar-refractivity contribution in [2.24, 2.45) is 0 Å². The maximum atomic E-state index is 11.4. The minimum Gasteiger partial charge on any atom is -0.436 e. The normalized spacial score (nSPS) is 11.8. The zero-order valence-corrected chi connectivity index (χ0v) is 13.8. The summed E-state index contributed by atoms with van der Waals surface area (Å²) in [7, 11) is -0.378. The van der Waals surface area contributed by atoms with Crippen LogP contribution >= 0.6 is 0 Å². The van der Waals surface area contributed by atoms with E-state index in [-0.39, 0.29) is 4.90 Å². The molecule has 2 aromatic carbocycles. The molecule has 1 heterocycles. The van der Waals surface area contributed by atoms with E-state index >= 15 is 0 Å². The summed E-state index contributed by atoms with van der Waals surface area (Å²) < 4.78 is 37.7. The molecule has 0 aliphatic rings. The van der Waals surface area contributed by atoms with Crippen molar-refractivity contribution in [3.63, 3.8) is 0 Å². The van der Waals surface area contributed by atoms with Crippen molar-refractivity contribution in [3.8, 4) is 11.5 Å². The number of oxazole rings is 1. The second-order valence-electron chi connectivity index (χ2n) is 5.52. The van der Waals surface area contributed by atoms with Gasteiger partial charge in [-0.3, -0.25) is 4.55 Å². The lowest BCUT2D eigenvalue weighted by atomic mass is 10.2. The molecule has 1 N–H and O–H groups in total. The second kappa shape index (κ2) is 5.36. The van der Waals surface area contributed by atoms with Gasteiger partial charge in [-0.1, -0.05) is 0 Å². The van der Waals surface area contributed by atoms with Crippen molar-refractivity contribution >= 4 is 26.9 Å². The molecule has 3 rings (SSSR count). The van der Waals surface area contributed by atoms with Gasteiger partial charge in [0.1, 0.15) is 5.52 Å². The third kappa shape index (κ3) is 2.93. The summed E-state index contributed by atoms with van der Waals surface area (Å²) in [4.78, 5) is 6.14. The van der Waals surface area contributed by atoms with Crippen LogP contribution < -0.4 is 4.90 Å². The van der Waals surface area contributed by atoms with E-state index in [0.717, 1.165) is 11.3 Å². The van der Waals surface area contributed by atoms with Gasteiger partial charge in [0.25, 0.3) is 10.1 Å². The van der Waals surface area contributed by atoms with Gasteiger partial charge in [0.05, 0.1) is 4.90 Å². The number of hydrogen-bond acceptors (Lipinski definition) is 5. The van der Waals surface area contributed by atoms with Crippen LogP contribution in [0.1, 0.15) is 5.56 Å². The van der Waals surface area contributed by atoms with Crippen molar-refractivity contribution < 1.29 is 17.4 Å². The molecule has 3 aromatic rings. The second-order valence-corrected chi connectivity index (χ2v) is 6.91. The van der Waals surface area contributed by atoms with Crippen LogP contribution in [-0.2, 0) is 10.1 Å². The summed E-state index contributed by atoms with van der Waals surface area (Å²) in [6.07, 6.45) is 0. The molecule has 0 saturated heterocycles. The summed E-state index contributed by atoms with van der Waals surface area (Å²) in [5.41, 5.74) is 3.11. The highest BCUT2D eigenvalue weighted by atomic mass is 32.2. The van der Waals surface area contributed by atoms with E-state index in [1.54, 1.807) is 13.0 Å². The highest BCUT2D eigenvalue weighted by molar-refractivity contribution is 7.85. The van der Waals surface area contributed by atoms with E-state index < -0.39 is 10.1 Å². The highest BCUT2D eigenvalue weighted by Crippen LogP contribution is 2.29. The fourth-order valence-corrected chi connectivity index (χ4v) is 3.09. The Bertz CT molecular complexity index is 973. The summed E-state index contributed by atoms with van der Waals surface area (Å²) in [5, 5.41) is 0. The Kier molecular flexibility index (Phi) is 3.62. The molecule has 1 aromatic heterocycles. The number of benzene rings is 2. The van der Waals surface area contributed by atoms with Crippen molar-refractivity contribution in [2.75, 3.05) is 19.0 Å². The van der Waals surface area contributed by atoms with Crippen molar-refractivity contribution in [1.29, 1.82) is 0 Å². The van der Waals surface area contributed by atoms with Gasteiger partial charge < -0.3 is 9.32 Å². The van der Waals surface area contributed by atoms with Crippen LogP contribution in [0.4, 0.5) is 5.69 Å². The minimum absolute atomic E-state index is 0.159. The van der Waals surface area contributed by atoms with Crippen LogP contribution in [0.15, 0.2) is 45.7 Å². The van der Waals surface area contributed by atoms with Gasteiger partial charge in [-0.05, 0) is 48.9 Å². The number of aromatic nitrogens is 1. The summed E-state index contributed by atoms with van der Waals surface area (Å²) >= 11 is 0. The number of rotatable bonds is 3. The Morgan fingerprint density at radius 3 is 2.35 bits per heavy atom. The predicted octanol–water partition coefficient (Wildman–Crippen LogP) is 3.12. The molecular weight excluding hydrogens is 316 g/mol. The first kappa shape index (κ1) is 15.5. The Labute approximate surface area is 134 Å². The van der Waals surface area contributed by atoms with Crippen LogP contribution in [0.5, 0.6) is 0 Å². The first-order chi connectivity index (χ1) is 10.8. The number of fused-ring (bicyclic) bond motifs is 1. The maximum Gasteiger partial charge on any atom is 0.294 e. The van der Waals surface area contributed by atoms with Crippen LogP contribution in [0, 0.1) is 6.92 Å². The number of nitrogens with zero attached hydrogens (tertiary/aromatic N) is 2. The molecule has 0 unspecified atom stereocenters. The van der Waals surface area contributed by atoms with Crippen LogP contribution in [0.3, 0.4) is 0 Å². The molecule has 0 saturated carbocycles. The topological polar surface area (TPSA) is 83.6 Å². The zero-order valence-electron chi connectivity index (χ0n) is 12.9. The van der Waals surface area contributed by atoms with Gasteiger partial charge in [0.2, 0.25) is 5.89 Å². The average molecular weight is 332 g/mol. The lowest BCUT2D eigenvalue weighted by Gasteiger charge is -2.11. The van der Waals surface area contributed by atoms with E-state index in [1.165, 1.54) is 6.07 Å². The number of anilines is 1.